The molecule has 0 saturated carbocycles. The molecule has 0 atom stereocenters. The van der Waals surface area contributed by atoms with Crippen molar-refractivity contribution in [1.82, 2.24) is 14.5 Å². The summed E-state index contributed by atoms with van der Waals surface area (Å²) in [5, 5.41) is 0. The number of rotatable bonds is 4. The number of para-hydroxylation sites is 2. The minimum atomic E-state index is -0.547. The first kappa shape index (κ1) is 17.7. The van der Waals surface area contributed by atoms with Gasteiger partial charge in [-0.15, -0.1) is 0 Å². The number of carbonyl (C=O) groups is 1. The molecule has 0 spiro atoms. The van der Waals surface area contributed by atoms with E-state index in [2.05, 4.69) is 11.6 Å². The molecule has 0 aliphatic rings. The highest BCUT2D eigenvalue weighted by Crippen LogP contribution is 2.32. The van der Waals surface area contributed by atoms with Gasteiger partial charge in [0.2, 0.25) is 0 Å². The van der Waals surface area contributed by atoms with Gasteiger partial charge in [0.05, 0.1) is 11.0 Å². The number of hydrogen-bond donors (Lipinski definition) is 1. The first-order valence-electron chi connectivity index (χ1n) is 8.93. The van der Waals surface area contributed by atoms with Crippen LogP contribution in [0.3, 0.4) is 0 Å². The molecule has 0 amide bonds. The number of nitrogen functional groups attached to an aromatic ring is 1. The molecule has 4 rings (SSSR count). The summed E-state index contributed by atoms with van der Waals surface area (Å²) in [6.07, 6.45) is 1.51. The molecule has 0 aliphatic heterocycles. The van der Waals surface area contributed by atoms with Crippen molar-refractivity contribution >= 4 is 34.0 Å². The number of esters is 1. The molecule has 6 nitrogen and oxygen atoms in total. The zero-order valence-electron chi connectivity index (χ0n) is 15.8. The molecule has 2 aromatic carbocycles. The minimum Gasteiger partial charge on any atom is -0.458 e. The van der Waals surface area contributed by atoms with E-state index in [1.165, 1.54) is 11.6 Å². The molecule has 140 valence electrons. The summed E-state index contributed by atoms with van der Waals surface area (Å²) in [4.78, 5) is 22.1. The summed E-state index contributed by atoms with van der Waals surface area (Å²) in [6, 6.07) is 13.5. The Morgan fingerprint density at radius 2 is 1.86 bits per heavy atom. The van der Waals surface area contributed by atoms with Crippen molar-refractivity contribution in [3.63, 3.8) is 0 Å². The number of fused-ring (bicyclic) bond motifs is 2. The third kappa shape index (κ3) is 2.79. The van der Waals surface area contributed by atoms with Gasteiger partial charge in [0, 0.05) is 5.69 Å². The number of carbonyl (C=O) groups excluding carboxylic acids is 1. The van der Waals surface area contributed by atoms with Crippen LogP contribution >= 0.6 is 0 Å². The van der Waals surface area contributed by atoms with Gasteiger partial charge in [-0.05, 0) is 49.2 Å². The average Bonchev–Trinajstić information content (AvgIpc) is 2.97. The predicted octanol–water partition coefficient (Wildman–Crippen LogP) is 4.12. The number of nitrogens with two attached hydrogens (primary N) is 1. The van der Waals surface area contributed by atoms with Crippen LogP contribution in [0.4, 0.5) is 5.82 Å². The molecular weight excluding hydrogens is 352 g/mol. The lowest BCUT2D eigenvalue weighted by Crippen LogP contribution is -2.09. The topological polar surface area (TPSA) is 83.0 Å². The Morgan fingerprint density at radius 1 is 1.14 bits per heavy atom. The van der Waals surface area contributed by atoms with Crippen LogP contribution in [0.2, 0.25) is 0 Å². The highest BCUT2D eigenvalue weighted by atomic mass is 16.5. The third-order valence-electron chi connectivity index (χ3n) is 4.78. The van der Waals surface area contributed by atoms with Crippen LogP contribution in [0.25, 0.3) is 27.9 Å². The standard InChI is InChI=1S/C22H20N4O2/c1-4-11-28-22(27)18-19-21(25-17-8-6-5-7-16(17)24-19)26(20(18)23)15-10-9-13(2)14(3)12-15/h4-10,12H,1,11,23H2,2-3H3. The lowest BCUT2D eigenvalue weighted by atomic mass is 10.1. The fourth-order valence-electron chi connectivity index (χ4n) is 3.20. The van der Waals surface area contributed by atoms with E-state index in [1.54, 1.807) is 4.57 Å². The molecule has 0 saturated heterocycles. The van der Waals surface area contributed by atoms with Crippen LogP contribution in [-0.4, -0.2) is 27.1 Å². The van der Waals surface area contributed by atoms with Crippen LogP contribution in [0.15, 0.2) is 55.1 Å². The first-order valence-corrected chi connectivity index (χ1v) is 8.93. The van der Waals surface area contributed by atoms with Gasteiger partial charge in [0.15, 0.2) is 5.65 Å². The molecular formula is C22H20N4O2. The molecule has 4 aromatic rings. The lowest BCUT2D eigenvalue weighted by Gasteiger charge is -2.10. The van der Waals surface area contributed by atoms with Crippen LogP contribution in [-0.2, 0) is 4.74 Å². The van der Waals surface area contributed by atoms with Gasteiger partial charge in [-0.3, -0.25) is 4.57 Å². The molecule has 6 heteroatoms. The van der Waals surface area contributed by atoms with Gasteiger partial charge in [-0.2, -0.15) is 0 Å². The Bertz CT molecular complexity index is 1240. The van der Waals surface area contributed by atoms with Crippen LogP contribution in [0, 0.1) is 13.8 Å². The maximum Gasteiger partial charge on any atom is 0.344 e. The number of benzene rings is 2. The maximum atomic E-state index is 12.7. The van der Waals surface area contributed by atoms with Crippen LogP contribution < -0.4 is 5.73 Å². The first-order chi connectivity index (χ1) is 13.5. The maximum absolute atomic E-state index is 12.7. The van der Waals surface area contributed by atoms with Crippen molar-refractivity contribution in [3.05, 3.63) is 71.8 Å². The predicted molar refractivity (Wildman–Crippen MR) is 111 cm³/mol. The number of aromatic nitrogens is 3. The number of ether oxygens (including phenoxy) is 1. The summed E-state index contributed by atoms with van der Waals surface area (Å²) < 4.78 is 7.01. The van der Waals surface area contributed by atoms with E-state index in [-0.39, 0.29) is 18.0 Å². The summed E-state index contributed by atoms with van der Waals surface area (Å²) in [6.45, 7) is 7.75. The van der Waals surface area contributed by atoms with Crippen LogP contribution in [0.5, 0.6) is 0 Å². The molecule has 2 aromatic heterocycles. The van der Waals surface area contributed by atoms with Crippen molar-refractivity contribution in [1.29, 1.82) is 0 Å². The van der Waals surface area contributed by atoms with Gasteiger partial charge in [0.25, 0.3) is 0 Å². The zero-order valence-corrected chi connectivity index (χ0v) is 15.8. The van der Waals surface area contributed by atoms with Gasteiger partial charge in [-0.25, -0.2) is 14.8 Å². The quantitative estimate of drug-likeness (QED) is 0.430. The normalized spacial score (nSPS) is 11.1. The van der Waals surface area contributed by atoms with Gasteiger partial charge in [-0.1, -0.05) is 30.9 Å². The molecule has 0 aliphatic carbocycles. The molecule has 2 N–H and O–H groups in total. The number of hydrogen-bond acceptors (Lipinski definition) is 5. The highest BCUT2D eigenvalue weighted by Gasteiger charge is 2.25. The fraction of sp³-hybridized carbons (Fsp3) is 0.136. The van der Waals surface area contributed by atoms with Crippen molar-refractivity contribution in [2.45, 2.75) is 13.8 Å². The minimum absolute atomic E-state index is 0.0929. The van der Waals surface area contributed by atoms with Gasteiger partial charge < -0.3 is 10.5 Å². The number of anilines is 1. The SMILES string of the molecule is C=CCOC(=O)c1c(N)n(-c2ccc(C)c(C)c2)c2nc3ccccc3nc12. The van der Waals surface area contributed by atoms with Crippen molar-refractivity contribution < 1.29 is 9.53 Å². The lowest BCUT2D eigenvalue weighted by molar-refractivity contribution is 0.0553. The second-order valence-electron chi connectivity index (χ2n) is 6.64. The fourth-order valence-corrected chi connectivity index (χ4v) is 3.20. The molecule has 0 radical (unpaired) electrons. The van der Waals surface area contributed by atoms with E-state index >= 15 is 0 Å². The van der Waals surface area contributed by atoms with Crippen LogP contribution in [0.1, 0.15) is 21.5 Å². The van der Waals surface area contributed by atoms with Gasteiger partial charge in [0.1, 0.15) is 23.5 Å². The number of aryl methyl sites for hydroxylation is 2. The van der Waals surface area contributed by atoms with E-state index in [0.29, 0.717) is 16.7 Å². The molecule has 2 heterocycles. The molecule has 28 heavy (non-hydrogen) atoms. The highest BCUT2D eigenvalue weighted by molar-refractivity contribution is 6.09. The summed E-state index contributed by atoms with van der Waals surface area (Å²) in [7, 11) is 0. The van der Waals surface area contributed by atoms with Gasteiger partial charge >= 0.3 is 5.97 Å². The summed E-state index contributed by atoms with van der Waals surface area (Å²) in [5.41, 5.74) is 12.1. The third-order valence-corrected chi connectivity index (χ3v) is 4.78. The van der Waals surface area contributed by atoms with E-state index in [0.717, 1.165) is 16.8 Å². The molecule has 0 unspecified atom stereocenters. The molecule has 0 bridgehead atoms. The Balaban J connectivity index is 2.06. The second kappa shape index (κ2) is 6.81. The molecule has 0 fully saturated rings. The largest absolute Gasteiger partial charge is 0.458 e. The van der Waals surface area contributed by atoms with E-state index in [9.17, 15) is 4.79 Å². The smallest absolute Gasteiger partial charge is 0.344 e. The van der Waals surface area contributed by atoms with Crippen molar-refractivity contribution in [2.75, 3.05) is 12.3 Å². The van der Waals surface area contributed by atoms with E-state index in [1.807, 2.05) is 56.3 Å². The monoisotopic (exact) mass is 372 g/mol. The number of nitrogens with zero attached hydrogens (tertiary/aromatic N) is 3. The van der Waals surface area contributed by atoms with E-state index in [4.69, 9.17) is 15.5 Å². The van der Waals surface area contributed by atoms with Crippen molar-refractivity contribution in [3.8, 4) is 5.69 Å². The Hall–Kier alpha value is -3.67. The van der Waals surface area contributed by atoms with E-state index < -0.39 is 5.97 Å². The summed E-state index contributed by atoms with van der Waals surface area (Å²) >= 11 is 0. The Kier molecular flexibility index (Phi) is 4.31. The Morgan fingerprint density at radius 3 is 2.54 bits per heavy atom. The van der Waals surface area contributed by atoms with Crippen molar-refractivity contribution in [2.24, 2.45) is 0 Å². The Labute approximate surface area is 162 Å². The summed E-state index contributed by atoms with van der Waals surface area (Å²) in [5.74, 6) is -0.294. The average molecular weight is 372 g/mol. The second-order valence-corrected chi connectivity index (χ2v) is 6.64. The zero-order chi connectivity index (χ0) is 19.8.